The molecule has 0 amide bonds. The Kier molecular flexibility index (Phi) is 4.11. The van der Waals surface area contributed by atoms with Crippen LogP contribution in [0.3, 0.4) is 0 Å². The number of aromatic nitrogens is 4. The topological polar surface area (TPSA) is 77.1 Å². The number of aliphatic hydroxyl groups is 1. The van der Waals surface area contributed by atoms with Crippen molar-refractivity contribution in [3.8, 4) is 5.88 Å². The number of ether oxygens (including phenoxy) is 1. The van der Waals surface area contributed by atoms with Crippen molar-refractivity contribution < 1.29 is 18.6 Å². The monoisotopic (exact) mass is 391 g/mol. The molecule has 0 unspecified atom stereocenters. The first-order valence-corrected chi connectivity index (χ1v) is 9.04. The lowest BCUT2D eigenvalue weighted by Crippen LogP contribution is -2.15. The van der Waals surface area contributed by atoms with Gasteiger partial charge in [0.1, 0.15) is 5.69 Å². The van der Waals surface area contributed by atoms with Crippen LogP contribution in [0.25, 0.3) is 10.9 Å². The number of hydrogen-bond acceptors (Lipinski definition) is 5. The van der Waals surface area contributed by atoms with Crippen LogP contribution in [-0.2, 0) is 19.2 Å². The third-order valence-electron chi connectivity index (χ3n) is 5.05. The smallest absolute Gasteiger partial charge is 0.256 e. The molecule has 0 spiro atoms. The minimum atomic E-state index is -2.62. The maximum absolute atomic E-state index is 13.4. The largest absolute Gasteiger partial charge is 0.478 e. The van der Waals surface area contributed by atoms with E-state index in [1.807, 2.05) is 12.1 Å². The average molecular weight is 391 g/mol. The van der Waals surface area contributed by atoms with Crippen molar-refractivity contribution in [2.75, 3.05) is 12.4 Å². The Morgan fingerprint density at radius 1 is 1.36 bits per heavy atom. The summed E-state index contributed by atoms with van der Waals surface area (Å²) in [4.78, 5) is 0. The van der Waals surface area contributed by atoms with E-state index >= 15 is 0 Å². The molecule has 1 aliphatic carbocycles. The molecule has 3 aromatic rings. The van der Waals surface area contributed by atoms with E-state index in [1.165, 1.54) is 7.11 Å². The second kappa shape index (κ2) is 6.16. The standard InChI is InChI=1S/C19H23F2N5O2/c1-18(2,27)11-5-6-15-13(7-11)16(22-14-10-25(3)24-17(14)28-4)23-26(15)9-12-8-19(12,20)21/h5-7,10,12,27H,8-9H2,1-4H3,(H,22,23)/t12-/m1/s1. The number of alkyl halides is 2. The Labute approximate surface area is 160 Å². The molecule has 0 radical (unpaired) electrons. The zero-order chi connectivity index (χ0) is 20.3. The van der Waals surface area contributed by atoms with E-state index in [2.05, 4.69) is 15.5 Å². The van der Waals surface area contributed by atoms with Crippen LogP contribution in [0.1, 0.15) is 25.8 Å². The van der Waals surface area contributed by atoms with Crippen LogP contribution in [0.5, 0.6) is 5.88 Å². The van der Waals surface area contributed by atoms with Gasteiger partial charge in [-0.3, -0.25) is 9.36 Å². The van der Waals surface area contributed by atoms with Gasteiger partial charge in [0.2, 0.25) is 0 Å². The lowest BCUT2D eigenvalue weighted by molar-refractivity contribution is 0.0787. The van der Waals surface area contributed by atoms with Crippen LogP contribution < -0.4 is 10.1 Å². The third-order valence-corrected chi connectivity index (χ3v) is 5.05. The first-order chi connectivity index (χ1) is 13.1. The van der Waals surface area contributed by atoms with Crippen LogP contribution in [0.2, 0.25) is 0 Å². The van der Waals surface area contributed by atoms with Gasteiger partial charge in [-0.15, -0.1) is 5.10 Å². The predicted molar refractivity (Wildman–Crippen MR) is 101 cm³/mol. The van der Waals surface area contributed by atoms with E-state index in [0.717, 1.165) is 10.9 Å². The van der Waals surface area contributed by atoms with Crippen molar-refractivity contribution in [3.63, 3.8) is 0 Å². The number of aryl methyl sites for hydroxylation is 1. The van der Waals surface area contributed by atoms with Gasteiger partial charge in [-0.2, -0.15) is 5.10 Å². The molecule has 1 aromatic carbocycles. The molecule has 1 fully saturated rings. The zero-order valence-electron chi connectivity index (χ0n) is 16.2. The second-order valence-corrected chi connectivity index (χ2v) is 7.83. The number of anilines is 2. The minimum Gasteiger partial charge on any atom is -0.478 e. The number of halogens is 2. The van der Waals surface area contributed by atoms with Gasteiger partial charge in [-0.05, 0) is 31.5 Å². The summed E-state index contributed by atoms with van der Waals surface area (Å²) in [5.41, 5.74) is 1.00. The molecule has 0 aliphatic heterocycles. The quantitative estimate of drug-likeness (QED) is 0.673. The molecule has 9 heteroatoms. The first kappa shape index (κ1) is 18.7. The Hall–Kier alpha value is -2.68. The number of nitrogens with zero attached hydrogens (tertiary/aromatic N) is 4. The fourth-order valence-corrected chi connectivity index (χ4v) is 3.30. The highest BCUT2D eigenvalue weighted by Crippen LogP contribution is 2.50. The van der Waals surface area contributed by atoms with Gasteiger partial charge in [0.25, 0.3) is 11.8 Å². The number of rotatable bonds is 6. The normalized spacial score (nSPS) is 18.5. The highest BCUT2D eigenvalue weighted by molar-refractivity contribution is 5.93. The van der Waals surface area contributed by atoms with Crippen LogP contribution in [-0.4, -0.2) is 37.7 Å². The summed E-state index contributed by atoms with van der Waals surface area (Å²) in [5, 5.41) is 23.0. The van der Waals surface area contributed by atoms with E-state index in [-0.39, 0.29) is 13.0 Å². The SMILES string of the molecule is COc1nn(C)cc1Nc1nn(C[C@H]2CC2(F)F)c2ccc(C(C)(C)O)cc12. The highest BCUT2D eigenvalue weighted by atomic mass is 19.3. The third kappa shape index (κ3) is 3.30. The van der Waals surface area contributed by atoms with E-state index in [0.29, 0.717) is 22.9 Å². The summed E-state index contributed by atoms with van der Waals surface area (Å²) in [6.45, 7) is 3.53. The lowest BCUT2D eigenvalue weighted by atomic mass is 9.97. The molecule has 28 heavy (non-hydrogen) atoms. The Morgan fingerprint density at radius 2 is 2.07 bits per heavy atom. The predicted octanol–water partition coefficient (Wildman–Crippen LogP) is 3.40. The van der Waals surface area contributed by atoms with Crippen molar-refractivity contribution in [1.29, 1.82) is 0 Å². The van der Waals surface area contributed by atoms with E-state index in [4.69, 9.17) is 4.74 Å². The second-order valence-electron chi connectivity index (χ2n) is 7.83. The molecular formula is C19H23F2N5O2. The molecule has 2 heterocycles. The lowest BCUT2D eigenvalue weighted by Gasteiger charge is -2.17. The number of methoxy groups -OCH3 is 1. The number of benzene rings is 1. The Balaban J connectivity index is 1.78. The van der Waals surface area contributed by atoms with Gasteiger partial charge in [0.15, 0.2) is 5.82 Å². The van der Waals surface area contributed by atoms with Crippen molar-refractivity contribution in [3.05, 3.63) is 30.0 Å². The molecule has 2 N–H and O–H groups in total. The van der Waals surface area contributed by atoms with E-state index < -0.39 is 17.4 Å². The van der Waals surface area contributed by atoms with Crippen LogP contribution in [0.4, 0.5) is 20.3 Å². The van der Waals surface area contributed by atoms with Crippen molar-refractivity contribution >= 4 is 22.4 Å². The fourth-order valence-electron chi connectivity index (χ4n) is 3.30. The van der Waals surface area contributed by atoms with Gasteiger partial charge in [0, 0.05) is 24.8 Å². The maximum atomic E-state index is 13.4. The Bertz CT molecular complexity index is 1040. The summed E-state index contributed by atoms with van der Waals surface area (Å²) in [6, 6.07) is 5.43. The molecule has 150 valence electrons. The molecule has 1 atom stereocenters. The van der Waals surface area contributed by atoms with Crippen LogP contribution in [0.15, 0.2) is 24.4 Å². The van der Waals surface area contributed by atoms with Gasteiger partial charge in [-0.1, -0.05) is 6.07 Å². The summed E-state index contributed by atoms with van der Waals surface area (Å²) in [5.74, 6) is -2.43. The van der Waals surface area contributed by atoms with Crippen molar-refractivity contribution in [2.45, 2.75) is 38.3 Å². The number of nitrogens with one attached hydrogen (secondary N) is 1. The number of hydrogen-bond donors (Lipinski definition) is 2. The first-order valence-electron chi connectivity index (χ1n) is 9.04. The summed E-state index contributed by atoms with van der Waals surface area (Å²) >= 11 is 0. The molecule has 7 nitrogen and oxygen atoms in total. The van der Waals surface area contributed by atoms with Crippen LogP contribution >= 0.6 is 0 Å². The molecule has 4 rings (SSSR count). The zero-order valence-corrected chi connectivity index (χ0v) is 16.2. The number of fused-ring (bicyclic) bond motifs is 1. The molecule has 0 saturated heterocycles. The summed E-state index contributed by atoms with van der Waals surface area (Å²) in [6.07, 6.45) is 1.63. The molecule has 1 saturated carbocycles. The van der Waals surface area contributed by atoms with Crippen LogP contribution in [0, 0.1) is 5.92 Å². The summed E-state index contributed by atoms with van der Waals surface area (Å²) < 4.78 is 35.4. The van der Waals surface area contributed by atoms with Gasteiger partial charge in [-0.25, -0.2) is 8.78 Å². The highest BCUT2D eigenvalue weighted by Gasteiger charge is 2.57. The van der Waals surface area contributed by atoms with E-state index in [9.17, 15) is 13.9 Å². The minimum absolute atomic E-state index is 0.116. The van der Waals surface area contributed by atoms with Gasteiger partial charge < -0.3 is 15.2 Å². The Morgan fingerprint density at radius 3 is 2.68 bits per heavy atom. The molecular weight excluding hydrogens is 368 g/mol. The molecule has 0 bridgehead atoms. The van der Waals surface area contributed by atoms with E-state index in [1.54, 1.807) is 42.5 Å². The maximum Gasteiger partial charge on any atom is 0.256 e. The fraction of sp³-hybridized carbons (Fsp3) is 0.474. The molecule has 2 aromatic heterocycles. The van der Waals surface area contributed by atoms with Gasteiger partial charge >= 0.3 is 0 Å². The van der Waals surface area contributed by atoms with Gasteiger partial charge in [0.05, 0.1) is 31.0 Å². The van der Waals surface area contributed by atoms with Crippen molar-refractivity contribution in [2.24, 2.45) is 13.0 Å². The average Bonchev–Trinajstić information content (AvgIpc) is 2.91. The summed E-state index contributed by atoms with van der Waals surface area (Å²) in [7, 11) is 3.29. The molecule has 1 aliphatic rings. The van der Waals surface area contributed by atoms with Crippen molar-refractivity contribution in [1.82, 2.24) is 19.6 Å².